The maximum atomic E-state index is 12.1. The second kappa shape index (κ2) is 5.72. The van der Waals surface area contributed by atoms with Crippen molar-refractivity contribution in [3.63, 3.8) is 0 Å². The lowest BCUT2D eigenvalue weighted by Gasteiger charge is -2.36. The van der Waals surface area contributed by atoms with Crippen molar-refractivity contribution in [1.29, 1.82) is 0 Å². The molecule has 1 amide bonds. The van der Waals surface area contributed by atoms with Crippen LogP contribution in [0.1, 0.15) is 32.3 Å². The van der Waals surface area contributed by atoms with Crippen molar-refractivity contribution in [3.8, 4) is 0 Å². The van der Waals surface area contributed by atoms with Crippen LogP contribution in [0.15, 0.2) is 30.3 Å². The summed E-state index contributed by atoms with van der Waals surface area (Å²) < 4.78 is 0. The molecular formula is C14H21ClN2O. The second-order valence-corrected chi connectivity index (χ2v) is 5.32. The molecule has 1 aromatic carbocycles. The first kappa shape index (κ1) is 15.0. The minimum Gasteiger partial charge on any atom is -0.351 e. The number of halogens is 1. The average molecular weight is 269 g/mol. The van der Waals surface area contributed by atoms with Gasteiger partial charge in [0.15, 0.2) is 0 Å². The van der Waals surface area contributed by atoms with Crippen LogP contribution in [-0.2, 0) is 10.3 Å². The molecule has 0 saturated heterocycles. The lowest BCUT2D eigenvalue weighted by atomic mass is 9.81. The molecule has 0 radical (unpaired) electrons. The van der Waals surface area contributed by atoms with Gasteiger partial charge in [-0.15, -0.1) is 12.4 Å². The fourth-order valence-electron chi connectivity index (χ4n) is 2.27. The van der Waals surface area contributed by atoms with E-state index in [9.17, 15) is 4.79 Å². The number of hydrogen-bond acceptors (Lipinski definition) is 2. The van der Waals surface area contributed by atoms with Crippen LogP contribution in [0.25, 0.3) is 0 Å². The molecule has 0 heterocycles. The summed E-state index contributed by atoms with van der Waals surface area (Å²) in [6.45, 7) is 3.96. The Bertz CT molecular complexity index is 400. The SMILES string of the molecule is CC1CC(NC(=O)C(C)(N)c2ccccc2)C1.Cl. The summed E-state index contributed by atoms with van der Waals surface area (Å²) in [5.41, 5.74) is 6.04. The van der Waals surface area contributed by atoms with Crippen molar-refractivity contribution in [3.05, 3.63) is 35.9 Å². The summed E-state index contributed by atoms with van der Waals surface area (Å²) in [4.78, 5) is 12.1. The van der Waals surface area contributed by atoms with Crippen LogP contribution in [-0.4, -0.2) is 11.9 Å². The minimum absolute atomic E-state index is 0. The third kappa shape index (κ3) is 3.03. The third-order valence-corrected chi connectivity index (χ3v) is 3.55. The number of carbonyl (C=O) groups is 1. The van der Waals surface area contributed by atoms with Gasteiger partial charge in [-0.3, -0.25) is 4.79 Å². The smallest absolute Gasteiger partial charge is 0.244 e. The maximum absolute atomic E-state index is 12.1. The van der Waals surface area contributed by atoms with Gasteiger partial charge in [0.1, 0.15) is 5.54 Å². The van der Waals surface area contributed by atoms with Gasteiger partial charge in [0, 0.05) is 6.04 Å². The van der Waals surface area contributed by atoms with E-state index in [1.807, 2.05) is 30.3 Å². The highest BCUT2D eigenvalue weighted by atomic mass is 35.5. The molecule has 1 fully saturated rings. The highest BCUT2D eigenvalue weighted by Crippen LogP contribution is 2.27. The first-order valence-electron chi connectivity index (χ1n) is 6.15. The molecule has 3 N–H and O–H groups in total. The Morgan fingerprint density at radius 2 is 1.89 bits per heavy atom. The lowest BCUT2D eigenvalue weighted by Crippen LogP contribution is -2.54. The molecule has 1 unspecified atom stereocenters. The van der Waals surface area contributed by atoms with Crippen LogP contribution in [0, 0.1) is 5.92 Å². The van der Waals surface area contributed by atoms with Gasteiger partial charge in [0.05, 0.1) is 0 Å². The van der Waals surface area contributed by atoms with E-state index in [2.05, 4.69) is 12.2 Å². The lowest BCUT2D eigenvalue weighted by molar-refractivity contribution is -0.127. The molecule has 3 nitrogen and oxygen atoms in total. The van der Waals surface area contributed by atoms with Crippen LogP contribution >= 0.6 is 12.4 Å². The van der Waals surface area contributed by atoms with Crippen LogP contribution in [0.5, 0.6) is 0 Å². The Labute approximate surface area is 115 Å². The normalized spacial score (nSPS) is 25.3. The number of amides is 1. The molecule has 100 valence electrons. The minimum atomic E-state index is -0.944. The van der Waals surface area contributed by atoms with E-state index in [-0.39, 0.29) is 18.3 Å². The Balaban J connectivity index is 0.00000162. The summed E-state index contributed by atoms with van der Waals surface area (Å²) in [6.07, 6.45) is 2.13. The van der Waals surface area contributed by atoms with Crippen molar-refractivity contribution >= 4 is 18.3 Å². The summed E-state index contributed by atoms with van der Waals surface area (Å²) in [5, 5.41) is 3.02. The molecule has 0 spiro atoms. The van der Waals surface area contributed by atoms with E-state index < -0.39 is 5.54 Å². The van der Waals surface area contributed by atoms with E-state index in [1.54, 1.807) is 6.92 Å². The van der Waals surface area contributed by atoms with E-state index in [0.717, 1.165) is 24.3 Å². The molecular weight excluding hydrogens is 248 g/mol. The molecule has 4 heteroatoms. The standard InChI is InChI=1S/C14H20N2O.ClH/c1-10-8-12(9-10)16-13(17)14(2,15)11-6-4-3-5-7-11;/h3-7,10,12H,8-9,15H2,1-2H3,(H,16,17);1H. The third-order valence-electron chi connectivity index (χ3n) is 3.55. The Morgan fingerprint density at radius 3 is 2.39 bits per heavy atom. The molecule has 1 aromatic rings. The number of rotatable bonds is 3. The monoisotopic (exact) mass is 268 g/mol. The predicted octanol–water partition coefficient (Wildman–Crippen LogP) is 2.20. The molecule has 18 heavy (non-hydrogen) atoms. The summed E-state index contributed by atoms with van der Waals surface area (Å²) in [6, 6.07) is 9.82. The Morgan fingerprint density at radius 1 is 1.33 bits per heavy atom. The molecule has 0 bridgehead atoms. The van der Waals surface area contributed by atoms with Gasteiger partial charge in [0.2, 0.25) is 5.91 Å². The van der Waals surface area contributed by atoms with E-state index in [1.165, 1.54) is 0 Å². The summed E-state index contributed by atoms with van der Waals surface area (Å²) in [7, 11) is 0. The number of nitrogens with one attached hydrogen (secondary N) is 1. The first-order chi connectivity index (χ1) is 8.00. The van der Waals surface area contributed by atoms with Gasteiger partial charge in [-0.05, 0) is 31.2 Å². The zero-order chi connectivity index (χ0) is 12.5. The van der Waals surface area contributed by atoms with Gasteiger partial charge in [-0.2, -0.15) is 0 Å². The molecule has 1 saturated carbocycles. The number of benzene rings is 1. The molecule has 2 rings (SSSR count). The second-order valence-electron chi connectivity index (χ2n) is 5.32. The van der Waals surface area contributed by atoms with Crippen molar-refractivity contribution in [2.45, 2.75) is 38.3 Å². The quantitative estimate of drug-likeness (QED) is 0.883. The fourth-order valence-corrected chi connectivity index (χ4v) is 2.27. The molecule has 1 aliphatic carbocycles. The summed E-state index contributed by atoms with van der Waals surface area (Å²) >= 11 is 0. The topological polar surface area (TPSA) is 55.1 Å². The molecule has 0 aromatic heterocycles. The van der Waals surface area contributed by atoms with Gasteiger partial charge >= 0.3 is 0 Å². The van der Waals surface area contributed by atoms with E-state index in [0.29, 0.717) is 6.04 Å². The van der Waals surface area contributed by atoms with Crippen molar-refractivity contribution in [2.75, 3.05) is 0 Å². The van der Waals surface area contributed by atoms with E-state index in [4.69, 9.17) is 5.73 Å². The van der Waals surface area contributed by atoms with Gasteiger partial charge < -0.3 is 11.1 Å². The van der Waals surface area contributed by atoms with Crippen LogP contribution in [0.3, 0.4) is 0 Å². The predicted molar refractivity (Wildman–Crippen MR) is 75.6 cm³/mol. The van der Waals surface area contributed by atoms with Crippen LogP contribution < -0.4 is 11.1 Å². The van der Waals surface area contributed by atoms with Gasteiger partial charge in [0.25, 0.3) is 0 Å². The average Bonchev–Trinajstić information content (AvgIpc) is 2.28. The first-order valence-corrected chi connectivity index (χ1v) is 6.15. The largest absolute Gasteiger partial charge is 0.351 e. The summed E-state index contributed by atoms with van der Waals surface area (Å²) in [5.74, 6) is 0.640. The van der Waals surface area contributed by atoms with E-state index >= 15 is 0 Å². The van der Waals surface area contributed by atoms with Gasteiger partial charge in [-0.25, -0.2) is 0 Å². The van der Waals surface area contributed by atoms with Crippen LogP contribution in [0.4, 0.5) is 0 Å². The van der Waals surface area contributed by atoms with Gasteiger partial charge in [-0.1, -0.05) is 37.3 Å². The highest BCUT2D eigenvalue weighted by molar-refractivity contribution is 5.87. The highest BCUT2D eigenvalue weighted by Gasteiger charge is 2.34. The Kier molecular flexibility index (Phi) is 4.77. The van der Waals surface area contributed by atoms with Crippen LogP contribution in [0.2, 0.25) is 0 Å². The molecule has 1 atom stereocenters. The maximum Gasteiger partial charge on any atom is 0.244 e. The van der Waals surface area contributed by atoms with Crippen molar-refractivity contribution < 1.29 is 4.79 Å². The zero-order valence-corrected chi connectivity index (χ0v) is 11.7. The molecule has 1 aliphatic rings. The number of hydrogen-bond donors (Lipinski definition) is 2. The Hall–Kier alpha value is -1.06. The number of carbonyl (C=O) groups excluding carboxylic acids is 1. The van der Waals surface area contributed by atoms with Crippen molar-refractivity contribution in [2.24, 2.45) is 11.7 Å². The number of nitrogens with two attached hydrogens (primary N) is 1. The van der Waals surface area contributed by atoms with Crippen molar-refractivity contribution in [1.82, 2.24) is 5.32 Å². The molecule has 0 aliphatic heterocycles. The zero-order valence-electron chi connectivity index (χ0n) is 10.8. The fraction of sp³-hybridized carbons (Fsp3) is 0.500.